The Morgan fingerprint density at radius 3 is 2.33 bits per heavy atom. The second kappa shape index (κ2) is 6.12. The van der Waals surface area contributed by atoms with E-state index in [9.17, 15) is 0 Å². The van der Waals surface area contributed by atoms with E-state index in [4.69, 9.17) is 5.73 Å². The van der Waals surface area contributed by atoms with E-state index in [1.807, 2.05) is 0 Å². The van der Waals surface area contributed by atoms with Crippen LogP contribution in [-0.2, 0) is 0 Å². The summed E-state index contributed by atoms with van der Waals surface area (Å²) >= 11 is 0. The maximum Gasteiger partial charge on any atom is 0.0355 e. The van der Waals surface area contributed by atoms with Crippen molar-refractivity contribution in [2.75, 3.05) is 0 Å². The van der Waals surface area contributed by atoms with Crippen molar-refractivity contribution in [3.63, 3.8) is 0 Å². The third-order valence-electron chi connectivity index (χ3n) is 5.95. The third kappa shape index (κ3) is 2.90. The fraction of sp³-hybridized carbons (Fsp3) is 0.700. The van der Waals surface area contributed by atoms with Gasteiger partial charge in [-0.25, -0.2) is 0 Å². The van der Waals surface area contributed by atoms with Crippen LogP contribution >= 0.6 is 0 Å². The SMILES string of the molecule is CC(C)CC1(C(N)c2ccccc2C2CCC2)CCCC1. The molecule has 1 aromatic carbocycles. The second-order valence-corrected chi connectivity index (χ2v) is 7.90. The van der Waals surface area contributed by atoms with Crippen LogP contribution in [0.4, 0.5) is 0 Å². The standard InChI is InChI=1S/C20H31N/c1-15(2)14-20(12-5-6-13-20)19(21)18-11-4-3-10-17(18)16-8-7-9-16/h3-4,10-11,15-16,19H,5-9,12-14,21H2,1-2H3. The van der Waals surface area contributed by atoms with Gasteiger partial charge < -0.3 is 5.73 Å². The monoisotopic (exact) mass is 285 g/mol. The second-order valence-electron chi connectivity index (χ2n) is 7.90. The zero-order valence-electron chi connectivity index (χ0n) is 13.8. The molecule has 0 heterocycles. The van der Waals surface area contributed by atoms with Gasteiger partial charge in [0, 0.05) is 6.04 Å². The normalized spacial score (nSPS) is 23.2. The summed E-state index contributed by atoms with van der Waals surface area (Å²) in [6, 6.07) is 9.29. The van der Waals surface area contributed by atoms with E-state index in [0.29, 0.717) is 5.41 Å². The maximum absolute atomic E-state index is 6.90. The smallest absolute Gasteiger partial charge is 0.0355 e. The van der Waals surface area contributed by atoms with Crippen molar-refractivity contribution in [3.05, 3.63) is 35.4 Å². The van der Waals surface area contributed by atoms with E-state index < -0.39 is 0 Å². The highest BCUT2D eigenvalue weighted by molar-refractivity contribution is 5.35. The Balaban J connectivity index is 1.91. The highest BCUT2D eigenvalue weighted by Gasteiger charge is 2.41. The molecular formula is C20H31N. The molecule has 3 rings (SSSR count). The Morgan fingerprint density at radius 2 is 1.76 bits per heavy atom. The minimum absolute atomic E-state index is 0.235. The van der Waals surface area contributed by atoms with Gasteiger partial charge in [-0.1, -0.05) is 57.4 Å². The summed E-state index contributed by atoms with van der Waals surface area (Å²) in [5.41, 5.74) is 10.3. The average Bonchev–Trinajstić information content (AvgIpc) is 2.85. The molecule has 0 aromatic heterocycles. The van der Waals surface area contributed by atoms with Crippen LogP contribution in [0.5, 0.6) is 0 Å². The first kappa shape index (κ1) is 15.1. The summed E-state index contributed by atoms with van der Waals surface area (Å²) in [6.07, 6.45) is 10.8. The molecule has 1 aromatic rings. The molecule has 2 aliphatic carbocycles. The zero-order valence-corrected chi connectivity index (χ0v) is 13.8. The Kier molecular flexibility index (Phi) is 4.40. The van der Waals surface area contributed by atoms with Gasteiger partial charge in [-0.3, -0.25) is 0 Å². The Labute approximate surface area is 130 Å². The van der Waals surface area contributed by atoms with E-state index in [-0.39, 0.29) is 6.04 Å². The Bertz CT molecular complexity index is 466. The van der Waals surface area contributed by atoms with Crippen molar-refractivity contribution < 1.29 is 0 Å². The van der Waals surface area contributed by atoms with Crippen molar-refractivity contribution in [1.82, 2.24) is 0 Å². The summed E-state index contributed by atoms with van der Waals surface area (Å²) in [5, 5.41) is 0. The molecule has 0 radical (unpaired) electrons. The molecule has 1 atom stereocenters. The summed E-state index contributed by atoms with van der Waals surface area (Å²) < 4.78 is 0. The van der Waals surface area contributed by atoms with E-state index in [1.54, 1.807) is 5.56 Å². The van der Waals surface area contributed by atoms with Crippen LogP contribution < -0.4 is 5.73 Å². The minimum Gasteiger partial charge on any atom is -0.323 e. The van der Waals surface area contributed by atoms with E-state index in [1.165, 1.54) is 56.9 Å². The molecular weight excluding hydrogens is 254 g/mol. The lowest BCUT2D eigenvalue weighted by Gasteiger charge is -2.39. The summed E-state index contributed by atoms with van der Waals surface area (Å²) in [5.74, 6) is 1.52. The number of hydrogen-bond acceptors (Lipinski definition) is 1. The largest absolute Gasteiger partial charge is 0.323 e. The predicted octanol–water partition coefficient (Wildman–Crippen LogP) is 5.56. The molecule has 2 saturated carbocycles. The van der Waals surface area contributed by atoms with Crippen molar-refractivity contribution in [2.45, 2.75) is 77.2 Å². The van der Waals surface area contributed by atoms with Crippen molar-refractivity contribution in [1.29, 1.82) is 0 Å². The van der Waals surface area contributed by atoms with E-state index in [2.05, 4.69) is 38.1 Å². The van der Waals surface area contributed by atoms with Crippen LogP contribution in [0.25, 0.3) is 0 Å². The van der Waals surface area contributed by atoms with E-state index >= 15 is 0 Å². The number of rotatable bonds is 5. The highest BCUT2D eigenvalue weighted by Crippen LogP contribution is 2.52. The van der Waals surface area contributed by atoms with Crippen LogP contribution in [0, 0.1) is 11.3 Å². The molecule has 0 spiro atoms. The van der Waals surface area contributed by atoms with Gasteiger partial charge in [0.1, 0.15) is 0 Å². The van der Waals surface area contributed by atoms with Crippen molar-refractivity contribution >= 4 is 0 Å². The lowest BCUT2D eigenvalue weighted by Crippen LogP contribution is -2.34. The Hall–Kier alpha value is -0.820. The van der Waals surface area contributed by atoms with Gasteiger partial charge in [0.25, 0.3) is 0 Å². The fourth-order valence-electron chi connectivity index (χ4n) is 4.75. The van der Waals surface area contributed by atoms with Gasteiger partial charge in [0.2, 0.25) is 0 Å². The number of nitrogens with two attached hydrogens (primary N) is 1. The quantitative estimate of drug-likeness (QED) is 0.753. The molecule has 0 amide bonds. The molecule has 0 saturated heterocycles. The minimum atomic E-state index is 0.235. The molecule has 116 valence electrons. The van der Waals surface area contributed by atoms with Crippen LogP contribution in [-0.4, -0.2) is 0 Å². The topological polar surface area (TPSA) is 26.0 Å². The summed E-state index contributed by atoms with van der Waals surface area (Å²) in [7, 11) is 0. The lowest BCUT2D eigenvalue weighted by molar-refractivity contribution is 0.182. The molecule has 0 bridgehead atoms. The third-order valence-corrected chi connectivity index (χ3v) is 5.95. The lowest BCUT2D eigenvalue weighted by atomic mass is 9.68. The summed E-state index contributed by atoms with van der Waals surface area (Å²) in [6.45, 7) is 4.70. The van der Waals surface area contributed by atoms with Crippen molar-refractivity contribution in [2.24, 2.45) is 17.1 Å². The van der Waals surface area contributed by atoms with E-state index in [0.717, 1.165) is 11.8 Å². The fourth-order valence-corrected chi connectivity index (χ4v) is 4.75. The summed E-state index contributed by atoms with van der Waals surface area (Å²) in [4.78, 5) is 0. The first-order valence-corrected chi connectivity index (χ1v) is 8.97. The van der Waals surface area contributed by atoms with Gasteiger partial charge >= 0.3 is 0 Å². The molecule has 2 N–H and O–H groups in total. The van der Waals surface area contributed by atoms with Gasteiger partial charge in [-0.2, -0.15) is 0 Å². The van der Waals surface area contributed by atoms with Gasteiger partial charge in [-0.15, -0.1) is 0 Å². The molecule has 1 heteroatoms. The number of hydrogen-bond donors (Lipinski definition) is 1. The molecule has 2 aliphatic rings. The molecule has 0 aliphatic heterocycles. The maximum atomic E-state index is 6.90. The average molecular weight is 285 g/mol. The van der Waals surface area contributed by atoms with Crippen LogP contribution in [0.3, 0.4) is 0 Å². The first-order chi connectivity index (χ1) is 10.1. The van der Waals surface area contributed by atoms with Crippen LogP contribution in [0.1, 0.15) is 88.3 Å². The van der Waals surface area contributed by atoms with Gasteiger partial charge in [0.15, 0.2) is 0 Å². The Morgan fingerprint density at radius 1 is 1.10 bits per heavy atom. The van der Waals surface area contributed by atoms with Crippen molar-refractivity contribution in [3.8, 4) is 0 Å². The number of benzene rings is 1. The first-order valence-electron chi connectivity index (χ1n) is 8.97. The van der Waals surface area contributed by atoms with Gasteiger partial charge in [0.05, 0.1) is 0 Å². The molecule has 1 nitrogen and oxygen atoms in total. The zero-order chi connectivity index (χ0) is 14.9. The molecule has 2 fully saturated rings. The highest BCUT2D eigenvalue weighted by atomic mass is 14.7. The van der Waals surface area contributed by atoms with Crippen LogP contribution in [0.2, 0.25) is 0 Å². The predicted molar refractivity (Wildman–Crippen MR) is 90.3 cm³/mol. The van der Waals surface area contributed by atoms with Gasteiger partial charge in [-0.05, 0) is 60.5 Å². The van der Waals surface area contributed by atoms with Crippen LogP contribution in [0.15, 0.2) is 24.3 Å². The molecule has 21 heavy (non-hydrogen) atoms. The molecule has 1 unspecified atom stereocenters.